The molecular formula is C19H26N2. The zero-order valence-corrected chi connectivity index (χ0v) is 13.0. The lowest BCUT2D eigenvalue weighted by molar-refractivity contribution is 0.104. The van der Waals surface area contributed by atoms with Crippen molar-refractivity contribution in [1.29, 1.82) is 5.26 Å². The summed E-state index contributed by atoms with van der Waals surface area (Å²) in [5.41, 5.74) is 1.46. The van der Waals surface area contributed by atoms with E-state index in [1.807, 2.05) is 0 Å². The Morgan fingerprint density at radius 1 is 1.05 bits per heavy atom. The fraction of sp³-hybridized carbons (Fsp3) is 0.632. The van der Waals surface area contributed by atoms with E-state index >= 15 is 0 Å². The van der Waals surface area contributed by atoms with Crippen molar-refractivity contribution in [2.24, 2.45) is 5.92 Å². The van der Waals surface area contributed by atoms with Crippen LogP contribution in [0.15, 0.2) is 30.3 Å². The minimum absolute atomic E-state index is 0.218. The lowest BCUT2D eigenvalue weighted by Gasteiger charge is -2.41. The molecule has 2 aliphatic rings. The van der Waals surface area contributed by atoms with Crippen molar-refractivity contribution in [3.05, 3.63) is 35.9 Å². The Bertz CT molecular complexity index is 484. The van der Waals surface area contributed by atoms with E-state index in [2.05, 4.69) is 48.3 Å². The Hall–Kier alpha value is -1.33. The fourth-order valence-corrected chi connectivity index (χ4v) is 4.36. The zero-order chi connectivity index (χ0) is 14.7. The van der Waals surface area contributed by atoms with Gasteiger partial charge in [-0.3, -0.25) is 4.90 Å². The Labute approximate surface area is 128 Å². The van der Waals surface area contributed by atoms with Gasteiger partial charge in [0.15, 0.2) is 0 Å². The van der Waals surface area contributed by atoms with Gasteiger partial charge in [0.1, 0.15) is 0 Å². The second-order valence-corrected chi connectivity index (χ2v) is 6.83. The van der Waals surface area contributed by atoms with E-state index in [1.165, 1.54) is 31.2 Å². The standard InChI is InChI=1S/C19H26N2/c1-21(18-9-5-6-10-18)19-13-16(11-12-17(19)14-20)15-7-3-2-4-8-15/h2-4,7-8,16-19H,5-6,9-13H2,1H3. The van der Waals surface area contributed by atoms with Crippen molar-refractivity contribution in [2.45, 2.75) is 62.9 Å². The average Bonchev–Trinajstić information content (AvgIpc) is 3.09. The highest BCUT2D eigenvalue weighted by Crippen LogP contribution is 2.39. The summed E-state index contributed by atoms with van der Waals surface area (Å²) in [6.07, 6.45) is 8.73. The van der Waals surface area contributed by atoms with Gasteiger partial charge in [-0.1, -0.05) is 43.2 Å². The van der Waals surface area contributed by atoms with E-state index in [1.54, 1.807) is 0 Å². The number of nitrogens with zero attached hydrogens (tertiary/aromatic N) is 2. The first-order chi connectivity index (χ1) is 10.3. The molecule has 0 amide bonds. The predicted molar refractivity (Wildman–Crippen MR) is 85.9 cm³/mol. The zero-order valence-electron chi connectivity index (χ0n) is 13.0. The molecule has 2 heteroatoms. The van der Waals surface area contributed by atoms with Gasteiger partial charge in [0, 0.05) is 12.1 Å². The summed E-state index contributed by atoms with van der Waals surface area (Å²) in [7, 11) is 2.26. The van der Waals surface area contributed by atoms with Gasteiger partial charge < -0.3 is 0 Å². The van der Waals surface area contributed by atoms with Crippen LogP contribution in [0, 0.1) is 17.2 Å². The summed E-state index contributed by atoms with van der Waals surface area (Å²) in [5, 5.41) is 9.53. The second kappa shape index (κ2) is 6.62. The highest BCUT2D eigenvalue weighted by molar-refractivity contribution is 5.21. The van der Waals surface area contributed by atoms with Gasteiger partial charge in [0.05, 0.1) is 12.0 Å². The second-order valence-electron chi connectivity index (χ2n) is 6.83. The summed E-state index contributed by atoms with van der Waals surface area (Å²) < 4.78 is 0. The van der Waals surface area contributed by atoms with E-state index in [0.717, 1.165) is 19.3 Å². The minimum Gasteiger partial charge on any atom is -0.299 e. The number of hydrogen-bond acceptors (Lipinski definition) is 2. The Morgan fingerprint density at radius 3 is 2.43 bits per heavy atom. The largest absolute Gasteiger partial charge is 0.299 e. The first-order valence-electron chi connectivity index (χ1n) is 8.46. The normalized spacial score (nSPS) is 30.4. The maximum absolute atomic E-state index is 9.53. The molecule has 2 nitrogen and oxygen atoms in total. The van der Waals surface area contributed by atoms with Crippen LogP contribution in [0.5, 0.6) is 0 Å². The van der Waals surface area contributed by atoms with Gasteiger partial charge in [-0.05, 0) is 50.6 Å². The molecule has 3 atom stereocenters. The molecule has 2 saturated carbocycles. The first-order valence-corrected chi connectivity index (χ1v) is 8.46. The minimum atomic E-state index is 0.218. The molecule has 0 N–H and O–H groups in total. The van der Waals surface area contributed by atoms with E-state index in [-0.39, 0.29) is 5.92 Å². The van der Waals surface area contributed by atoms with Crippen LogP contribution in [-0.2, 0) is 0 Å². The van der Waals surface area contributed by atoms with Gasteiger partial charge in [0.2, 0.25) is 0 Å². The quantitative estimate of drug-likeness (QED) is 0.824. The molecule has 2 aliphatic carbocycles. The predicted octanol–water partition coefficient (Wildman–Crippen LogP) is 4.34. The summed E-state index contributed by atoms with van der Waals surface area (Å²) in [6.45, 7) is 0. The molecule has 1 aromatic rings. The highest BCUT2D eigenvalue weighted by Gasteiger charge is 2.36. The van der Waals surface area contributed by atoms with E-state index in [0.29, 0.717) is 18.0 Å². The molecule has 3 rings (SSSR count). The maximum Gasteiger partial charge on any atom is 0.0672 e. The van der Waals surface area contributed by atoms with Gasteiger partial charge in [0.25, 0.3) is 0 Å². The van der Waals surface area contributed by atoms with E-state index < -0.39 is 0 Å². The lowest BCUT2D eigenvalue weighted by Crippen LogP contribution is -2.45. The smallest absolute Gasteiger partial charge is 0.0672 e. The van der Waals surface area contributed by atoms with Crippen LogP contribution in [0.25, 0.3) is 0 Å². The van der Waals surface area contributed by atoms with Crippen molar-refractivity contribution in [3.63, 3.8) is 0 Å². The van der Waals surface area contributed by atoms with Crippen LogP contribution in [-0.4, -0.2) is 24.0 Å². The lowest BCUT2D eigenvalue weighted by atomic mass is 9.75. The third-order valence-electron chi connectivity index (χ3n) is 5.68. The summed E-state index contributed by atoms with van der Waals surface area (Å²) in [5.74, 6) is 0.847. The van der Waals surface area contributed by atoms with Crippen LogP contribution in [0.3, 0.4) is 0 Å². The fourth-order valence-electron chi connectivity index (χ4n) is 4.36. The van der Waals surface area contributed by atoms with Crippen molar-refractivity contribution >= 4 is 0 Å². The van der Waals surface area contributed by atoms with Gasteiger partial charge in [-0.2, -0.15) is 5.26 Å². The molecule has 21 heavy (non-hydrogen) atoms. The van der Waals surface area contributed by atoms with Crippen LogP contribution in [0.4, 0.5) is 0 Å². The van der Waals surface area contributed by atoms with E-state index in [9.17, 15) is 5.26 Å². The Kier molecular flexibility index (Phi) is 4.60. The Balaban J connectivity index is 1.74. The van der Waals surface area contributed by atoms with Crippen LogP contribution < -0.4 is 0 Å². The summed E-state index contributed by atoms with van der Waals surface area (Å²) in [4.78, 5) is 2.55. The molecule has 0 aliphatic heterocycles. The molecule has 3 unspecified atom stereocenters. The van der Waals surface area contributed by atoms with Crippen molar-refractivity contribution < 1.29 is 0 Å². The van der Waals surface area contributed by atoms with Gasteiger partial charge in [-0.15, -0.1) is 0 Å². The van der Waals surface area contributed by atoms with E-state index in [4.69, 9.17) is 0 Å². The monoisotopic (exact) mass is 282 g/mol. The number of hydrogen-bond donors (Lipinski definition) is 0. The number of benzene rings is 1. The average molecular weight is 282 g/mol. The summed E-state index contributed by atoms with van der Waals surface area (Å²) in [6, 6.07) is 14.6. The molecule has 0 saturated heterocycles. The molecule has 0 aromatic heterocycles. The first kappa shape index (κ1) is 14.6. The summed E-state index contributed by atoms with van der Waals surface area (Å²) >= 11 is 0. The number of nitriles is 1. The molecule has 0 spiro atoms. The van der Waals surface area contributed by atoms with Crippen LogP contribution in [0.1, 0.15) is 56.4 Å². The molecule has 0 bridgehead atoms. The van der Waals surface area contributed by atoms with Crippen LogP contribution >= 0.6 is 0 Å². The van der Waals surface area contributed by atoms with Crippen molar-refractivity contribution in [3.8, 4) is 6.07 Å². The molecule has 112 valence electrons. The third kappa shape index (κ3) is 3.14. The van der Waals surface area contributed by atoms with Gasteiger partial charge in [-0.25, -0.2) is 0 Å². The SMILES string of the molecule is CN(C1CCCC1)C1CC(c2ccccc2)CCC1C#N. The van der Waals surface area contributed by atoms with Crippen LogP contribution in [0.2, 0.25) is 0 Å². The molecule has 0 radical (unpaired) electrons. The highest BCUT2D eigenvalue weighted by atomic mass is 15.2. The Morgan fingerprint density at radius 2 is 1.76 bits per heavy atom. The topological polar surface area (TPSA) is 27.0 Å². The van der Waals surface area contributed by atoms with Crippen molar-refractivity contribution in [1.82, 2.24) is 4.90 Å². The molecular weight excluding hydrogens is 256 g/mol. The third-order valence-corrected chi connectivity index (χ3v) is 5.68. The molecule has 2 fully saturated rings. The maximum atomic E-state index is 9.53. The molecule has 0 heterocycles. The van der Waals surface area contributed by atoms with Crippen molar-refractivity contribution in [2.75, 3.05) is 7.05 Å². The number of rotatable bonds is 3. The molecule has 1 aromatic carbocycles. The van der Waals surface area contributed by atoms with Gasteiger partial charge >= 0.3 is 0 Å².